The minimum Gasteiger partial charge on any atom is -0.436 e. The first kappa shape index (κ1) is 17.3. The predicted octanol–water partition coefficient (Wildman–Crippen LogP) is 0.285. The molecule has 0 aromatic rings. The normalized spacial score (nSPS) is 15.1. The number of aliphatic hydroxyl groups excluding tert-OH is 1. The zero-order valence-electron chi connectivity index (χ0n) is 10.7. The van der Waals surface area contributed by atoms with E-state index in [1.807, 2.05) is 6.92 Å². The number of carbonyl (C=O) groups excluding carboxylic acids is 1. The van der Waals surface area contributed by atoms with Gasteiger partial charge in [-0.2, -0.15) is 8.42 Å². The van der Waals surface area contributed by atoms with Crippen molar-refractivity contribution in [2.24, 2.45) is 11.1 Å². The third kappa shape index (κ3) is 9.34. The van der Waals surface area contributed by atoms with Crippen LogP contribution < -0.4 is 5.14 Å². The Hall–Kier alpha value is -0.700. The van der Waals surface area contributed by atoms with Crippen LogP contribution in [-0.4, -0.2) is 32.4 Å². The zero-order chi connectivity index (χ0) is 14.2. The second-order valence-electron chi connectivity index (χ2n) is 4.03. The van der Waals surface area contributed by atoms with Crippen molar-refractivity contribution in [2.45, 2.75) is 45.8 Å². The highest BCUT2D eigenvalue weighted by atomic mass is 32.2. The van der Waals surface area contributed by atoms with Crippen LogP contribution in [0.5, 0.6) is 0 Å². The van der Waals surface area contributed by atoms with Crippen LogP contribution in [0.4, 0.5) is 0 Å². The quantitative estimate of drug-likeness (QED) is 0.357. The summed E-state index contributed by atoms with van der Waals surface area (Å²) in [6.45, 7) is 2.86. The summed E-state index contributed by atoms with van der Waals surface area (Å²) < 4.78 is 30.4. The smallest absolute Gasteiger partial charge is 0.333 e. The van der Waals surface area contributed by atoms with Gasteiger partial charge in [-0.25, -0.2) is 5.14 Å². The number of ether oxygens (including phenoxy) is 1. The second-order valence-corrected chi connectivity index (χ2v) is 5.25. The minimum absolute atomic E-state index is 0.309. The number of rotatable bonds is 9. The Morgan fingerprint density at radius 1 is 1.39 bits per heavy atom. The largest absolute Gasteiger partial charge is 0.436 e. The molecule has 108 valence electrons. The van der Waals surface area contributed by atoms with Crippen LogP contribution in [0.2, 0.25) is 0 Å². The van der Waals surface area contributed by atoms with Crippen LogP contribution in [0.15, 0.2) is 0 Å². The lowest BCUT2D eigenvalue weighted by atomic mass is 10.0. The Labute approximate surface area is 108 Å². The van der Waals surface area contributed by atoms with Crippen molar-refractivity contribution >= 4 is 16.3 Å². The molecule has 0 fully saturated rings. The highest BCUT2D eigenvalue weighted by Gasteiger charge is 2.23. The lowest BCUT2D eigenvalue weighted by Crippen LogP contribution is -2.31. The zero-order valence-corrected chi connectivity index (χ0v) is 11.5. The van der Waals surface area contributed by atoms with Gasteiger partial charge in [0.15, 0.2) is 0 Å². The summed E-state index contributed by atoms with van der Waals surface area (Å²) in [6, 6.07) is 0. The van der Waals surface area contributed by atoms with Gasteiger partial charge in [0.1, 0.15) is 0 Å². The van der Waals surface area contributed by atoms with Crippen LogP contribution in [0, 0.1) is 5.92 Å². The molecule has 0 aliphatic carbocycles. The first-order valence-corrected chi connectivity index (χ1v) is 7.25. The van der Waals surface area contributed by atoms with Crippen LogP contribution in [0.3, 0.4) is 0 Å². The van der Waals surface area contributed by atoms with E-state index in [9.17, 15) is 18.3 Å². The van der Waals surface area contributed by atoms with Gasteiger partial charge in [0.25, 0.3) is 0 Å². The Morgan fingerprint density at radius 2 is 2.00 bits per heavy atom. The Bertz CT molecular complexity index is 342. The molecule has 0 aliphatic rings. The summed E-state index contributed by atoms with van der Waals surface area (Å²) in [4.78, 5) is 10.7. The van der Waals surface area contributed by atoms with Crippen molar-refractivity contribution in [1.82, 2.24) is 0 Å². The van der Waals surface area contributed by atoms with E-state index in [1.165, 1.54) is 0 Å². The fraction of sp³-hybridized carbons (Fsp3) is 0.900. The predicted molar refractivity (Wildman–Crippen MR) is 64.5 cm³/mol. The highest BCUT2D eigenvalue weighted by molar-refractivity contribution is 7.84. The third-order valence-corrected chi connectivity index (χ3v) is 2.78. The summed E-state index contributed by atoms with van der Waals surface area (Å²) in [5.74, 6) is -1.25. The van der Waals surface area contributed by atoms with Gasteiger partial charge in [0, 0.05) is 12.8 Å². The molecule has 0 aromatic heterocycles. The molecule has 0 rings (SSSR count). The lowest BCUT2D eigenvalue weighted by Gasteiger charge is -2.21. The van der Waals surface area contributed by atoms with Gasteiger partial charge in [0.2, 0.25) is 6.29 Å². The van der Waals surface area contributed by atoms with Crippen molar-refractivity contribution in [2.75, 3.05) is 6.61 Å². The number of esters is 1. The number of hydrogen-bond donors (Lipinski definition) is 2. The number of hydrogen-bond acceptors (Lipinski definition) is 6. The maximum atomic E-state index is 10.7. The van der Waals surface area contributed by atoms with Crippen molar-refractivity contribution < 1.29 is 27.2 Å². The number of unbranched alkanes of at least 4 members (excludes halogenated alkanes) is 2. The van der Waals surface area contributed by atoms with E-state index in [1.54, 1.807) is 0 Å². The van der Waals surface area contributed by atoms with E-state index in [4.69, 9.17) is 5.14 Å². The highest BCUT2D eigenvalue weighted by Crippen LogP contribution is 2.16. The maximum Gasteiger partial charge on any atom is 0.333 e. The van der Waals surface area contributed by atoms with Gasteiger partial charge in [-0.05, 0) is 6.42 Å². The van der Waals surface area contributed by atoms with E-state index in [0.717, 1.165) is 26.2 Å². The van der Waals surface area contributed by atoms with Crippen molar-refractivity contribution in [3.05, 3.63) is 0 Å². The summed E-state index contributed by atoms with van der Waals surface area (Å²) in [5.41, 5.74) is 0. The van der Waals surface area contributed by atoms with Crippen molar-refractivity contribution in [3.8, 4) is 0 Å². The second kappa shape index (κ2) is 8.41. The maximum absolute atomic E-state index is 10.7. The monoisotopic (exact) mass is 283 g/mol. The molecule has 8 heteroatoms. The Balaban J connectivity index is 4.35. The van der Waals surface area contributed by atoms with Gasteiger partial charge in [-0.1, -0.05) is 26.2 Å². The fourth-order valence-electron chi connectivity index (χ4n) is 1.41. The van der Waals surface area contributed by atoms with Gasteiger partial charge in [-0.3, -0.25) is 8.98 Å². The lowest BCUT2D eigenvalue weighted by molar-refractivity contribution is -0.176. The summed E-state index contributed by atoms with van der Waals surface area (Å²) in [5, 5.41) is 14.3. The van der Waals surface area contributed by atoms with Crippen LogP contribution in [0.1, 0.15) is 39.5 Å². The number of aliphatic hydroxyl groups is 1. The number of carbonyl (C=O) groups is 1. The van der Waals surface area contributed by atoms with E-state index in [-0.39, 0.29) is 6.61 Å². The van der Waals surface area contributed by atoms with Gasteiger partial charge < -0.3 is 9.84 Å². The molecule has 2 unspecified atom stereocenters. The van der Waals surface area contributed by atoms with Gasteiger partial charge in [-0.15, -0.1) is 0 Å². The molecule has 0 amide bonds. The molecule has 18 heavy (non-hydrogen) atoms. The van der Waals surface area contributed by atoms with Crippen molar-refractivity contribution in [3.63, 3.8) is 0 Å². The van der Waals surface area contributed by atoms with Crippen molar-refractivity contribution in [1.29, 1.82) is 0 Å². The minimum atomic E-state index is -4.06. The first-order chi connectivity index (χ1) is 8.26. The fourth-order valence-corrected chi connectivity index (χ4v) is 1.78. The molecule has 0 saturated heterocycles. The topological polar surface area (TPSA) is 116 Å². The third-order valence-electron chi connectivity index (χ3n) is 2.31. The van der Waals surface area contributed by atoms with E-state index in [2.05, 4.69) is 8.92 Å². The molecule has 0 heterocycles. The average molecular weight is 283 g/mol. The molecule has 0 spiro atoms. The summed E-state index contributed by atoms with van der Waals surface area (Å²) >= 11 is 0. The molecular weight excluding hydrogens is 262 g/mol. The SMILES string of the molecule is CCCCCC(COS(N)(=O)=O)C(O)OC(C)=O. The van der Waals surface area contributed by atoms with Crippen LogP contribution >= 0.6 is 0 Å². The molecule has 3 N–H and O–H groups in total. The summed E-state index contributed by atoms with van der Waals surface area (Å²) in [7, 11) is -4.06. The van der Waals surface area contributed by atoms with Gasteiger partial charge >= 0.3 is 16.3 Å². The van der Waals surface area contributed by atoms with Crippen LogP contribution in [0.25, 0.3) is 0 Å². The van der Waals surface area contributed by atoms with Gasteiger partial charge in [0.05, 0.1) is 6.61 Å². The Kier molecular flexibility index (Phi) is 8.08. The molecular formula is C10H21NO6S. The van der Waals surface area contributed by atoms with E-state index >= 15 is 0 Å². The summed E-state index contributed by atoms with van der Waals surface area (Å²) in [6.07, 6.45) is 1.78. The average Bonchev–Trinajstić information content (AvgIpc) is 2.20. The Morgan fingerprint density at radius 3 is 2.44 bits per heavy atom. The molecule has 0 radical (unpaired) electrons. The molecule has 0 saturated carbocycles. The standard InChI is InChI=1S/C10H21NO6S/c1-3-4-5-6-9(7-16-18(11,14)15)10(13)17-8(2)12/h9-10,13H,3-7H2,1-2H3,(H2,11,14,15). The van der Waals surface area contributed by atoms with E-state index in [0.29, 0.717) is 6.42 Å². The molecule has 0 aliphatic heterocycles. The van der Waals surface area contributed by atoms with E-state index < -0.39 is 28.5 Å². The molecule has 0 aromatic carbocycles. The molecule has 7 nitrogen and oxygen atoms in total. The molecule has 0 bridgehead atoms. The molecule has 2 atom stereocenters. The van der Waals surface area contributed by atoms with Crippen LogP contribution in [-0.2, 0) is 24.0 Å². The first-order valence-electron chi connectivity index (χ1n) is 5.78. The number of nitrogens with two attached hydrogens (primary N) is 1.